The Labute approximate surface area is 172 Å². The highest BCUT2D eigenvalue weighted by molar-refractivity contribution is 7.93. The summed E-state index contributed by atoms with van der Waals surface area (Å²) in [7, 11) is -2.45. The van der Waals surface area contributed by atoms with Crippen LogP contribution in [-0.4, -0.2) is 20.5 Å². The second-order valence-corrected chi connectivity index (χ2v) is 9.10. The smallest absolute Gasteiger partial charge is 0.265 e. The molecule has 5 nitrogen and oxygen atoms in total. The first kappa shape index (κ1) is 19.4. The van der Waals surface area contributed by atoms with Crippen molar-refractivity contribution in [2.45, 2.75) is 11.4 Å². The van der Waals surface area contributed by atoms with Crippen molar-refractivity contribution in [2.24, 2.45) is 0 Å². The van der Waals surface area contributed by atoms with E-state index >= 15 is 0 Å². The molecule has 0 amide bonds. The van der Waals surface area contributed by atoms with Gasteiger partial charge in [0.05, 0.1) is 24.2 Å². The van der Waals surface area contributed by atoms with Crippen LogP contribution in [0.15, 0.2) is 77.1 Å². The molecule has 0 aliphatic rings. The third-order valence-electron chi connectivity index (χ3n) is 4.49. The number of benzene rings is 2. The van der Waals surface area contributed by atoms with Crippen LogP contribution in [0.2, 0.25) is 0 Å². The van der Waals surface area contributed by atoms with Gasteiger partial charge in [-0.2, -0.15) is 0 Å². The largest absolute Gasteiger partial charge is 0.497 e. The van der Waals surface area contributed by atoms with Crippen LogP contribution in [-0.2, 0) is 16.6 Å². The average Bonchev–Trinajstić information content (AvgIpc) is 3.26. The van der Waals surface area contributed by atoms with Crippen LogP contribution in [0.4, 0.5) is 10.1 Å². The van der Waals surface area contributed by atoms with Crippen LogP contribution in [0.5, 0.6) is 5.75 Å². The number of anilines is 1. The SMILES string of the molecule is COc1ccc(N(Cc2cccs2)S(=O)(=O)c2ccc(F)c3ncccc23)cc1. The third kappa shape index (κ3) is 3.68. The Morgan fingerprint density at radius 3 is 2.55 bits per heavy atom. The lowest BCUT2D eigenvalue weighted by Gasteiger charge is -2.25. The molecule has 2 aromatic carbocycles. The van der Waals surface area contributed by atoms with Gasteiger partial charge in [0.25, 0.3) is 10.0 Å². The number of hydrogen-bond donors (Lipinski definition) is 0. The van der Waals surface area contributed by atoms with Crippen LogP contribution >= 0.6 is 11.3 Å². The molecule has 0 aliphatic heterocycles. The number of nitrogens with zero attached hydrogens (tertiary/aromatic N) is 2. The first-order chi connectivity index (χ1) is 14.0. The predicted octanol–water partition coefficient (Wildman–Crippen LogP) is 4.84. The van der Waals surface area contributed by atoms with Gasteiger partial charge in [0.15, 0.2) is 0 Å². The van der Waals surface area contributed by atoms with Crippen molar-refractivity contribution in [2.75, 3.05) is 11.4 Å². The molecule has 29 heavy (non-hydrogen) atoms. The lowest BCUT2D eigenvalue weighted by Crippen LogP contribution is -2.30. The molecule has 0 radical (unpaired) electrons. The molecule has 2 aromatic heterocycles. The van der Waals surface area contributed by atoms with Crippen molar-refractivity contribution in [3.63, 3.8) is 0 Å². The fourth-order valence-electron chi connectivity index (χ4n) is 3.06. The van der Waals surface area contributed by atoms with E-state index < -0.39 is 15.8 Å². The third-order valence-corrected chi connectivity index (χ3v) is 7.18. The Bertz CT molecular complexity index is 1240. The zero-order valence-corrected chi connectivity index (χ0v) is 17.1. The number of methoxy groups -OCH3 is 1. The van der Waals surface area contributed by atoms with Gasteiger partial charge in [-0.05, 0) is 60.0 Å². The molecule has 8 heteroatoms. The number of ether oxygens (including phenoxy) is 1. The second-order valence-electron chi connectivity index (χ2n) is 6.23. The van der Waals surface area contributed by atoms with Gasteiger partial charge in [-0.25, -0.2) is 12.8 Å². The zero-order chi connectivity index (χ0) is 20.4. The summed E-state index contributed by atoms with van der Waals surface area (Å²) in [5.41, 5.74) is 0.514. The minimum absolute atomic E-state index is 0.00868. The van der Waals surface area contributed by atoms with Crippen molar-refractivity contribution in [3.8, 4) is 5.75 Å². The maximum atomic E-state index is 14.2. The van der Waals surface area contributed by atoms with Crippen molar-refractivity contribution in [1.29, 1.82) is 0 Å². The highest BCUT2D eigenvalue weighted by atomic mass is 32.2. The van der Waals surface area contributed by atoms with Crippen LogP contribution in [0.25, 0.3) is 10.9 Å². The number of rotatable bonds is 6. The van der Waals surface area contributed by atoms with E-state index in [1.54, 1.807) is 43.5 Å². The molecular formula is C21H17FN2O3S2. The van der Waals surface area contributed by atoms with Crippen molar-refractivity contribution >= 4 is 38.0 Å². The van der Waals surface area contributed by atoms with Gasteiger partial charge in [-0.3, -0.25) is 9.29 Å². The van der Waals surface area contributed by atoms with E-state index in [4.69, 9.17) is 4.74 Å². The fraction of sp³-hybridized carbons (Fsp3) is 0.0952. The average molecular weight is 429 g/mol. The van der Waals surface area contributed by atoms with E-state index in [-0.39, 0.29) is 22.3 Å². The molecule has 0 saturated heterocycles. The molecule has 0 atom stereocenters. The molecule has 0 saturated carbocycles. The van der Waals surface area contributed by atoms with Gasteiger partial charge in [-0.1, -0.05) is 6.07 Å². The predicted molar refractivity (Wildman–Crippen MR) is 112 cm³/mol. The summed E-state index contributed by atoms with van der Waals surface area (Å²) in [5.74, 6) is 0.0625. The Kier molecular flexibility index (Phi) is 5.21. The number of aromatic nitrogens is 1. The minimum Gasteiger partial charge on any atom is -0.497 e. The Morgan fingerprint density at radius 2 is 1.86 bits per heavy atom. The van der Waals surface area contributed by atoms with Crippen molar-refractivity contribution in [3.05, 3.63) is 82.9 Å². The second kappa shape index (κ2) is 7.81. The maximum Gasteiger partial charge on any atom is 0.265 e. The van der Waals surface area contributed by atoms with Gasteiger partial charge in [0.1, 0.15) is 17.1 Å². The summed E-state index contributed by atoms with van der Waals surface area (Å²) in [4.78, 5) is 4.90. The molecule has 0 N–H and O–H groups in total. The number of sulfonamides is 1. The lowest BCUT2D eigenvalue weighted by molar-refractivity contribution is 0.415. The molecule has 0 bridgehead atoms. The lowest BCUT2D eigenvalue weighted by atomic mass is 10.2. The molecule has 0 spiro atoms. The van der Waals surface area contributed by atoms with E-state index in [0.717, 1.165) is 10.9 Å². The number of thiophene rings is 1. The normalized spacial score (nSPS) is 11.5. The highest BCUT2D eigenvalue weighted by Gasteiger charge is 2.28. The molecular weight excluding hydrogens is 411 g/mol. The van der Waals surface area contributed by atoms with E-state index in [0.29, 0.717) is 11.4 Å². The fourth-order valence-corrected chi connectivity index (χ4v) is 5.47. The summed E-state index contributed by atoms with van der Waals surface area (Å²) in [6.45, 7) is 0.158. The van der Waals surface area contributed by atoms with Gasteiger partial charge in [-0.15, -0.1) is 11.3 Å². The van der Waals surface area contributed by atoms with E-state index in [1.807, 2.05) is 17.5 Å². The number of pyridine rings is 1. The van der Waals surface area contributed by atoms with E-state index in [1.165, 1.54) is 27.9 Å². The minimum atomic E-state index is -4.00. The van der Waals surface area contributed by atoms with E-state index in [9.17, 15) is 12.8 Å². The zero-order valence-electron chi connectivity index (χ0n) is 15.4. The Balaban J connectivity index is 1.88. The molecule has 2 heterocycles. The molecule has 148 valence electrons. The number of fused-ring (bicyclic) bond motifs is 1. The molecule has 0 unspecified atom stereocenters. The van der Waals surface area contributed by atoms with Gasteiger partial charge >= 0.3 is 0 Å². The quantitative estimate of drug-likeness (QED) is 0.441. The summed E-state index contributed by atoms with van der Waals surface area (Å²) < 4.78 is 48.1. The van der Waals surface area contributed by atoms with Crippen LogP contribution in [0, 0.1) is 5.82 Å². The van der Waals surface area contributed by atoms with Gasteiger partial charge in [0, 0.05) is 16.5 Å². The Hall–Kier alpha value is -2.97. The highest BCUT2D eigenvalue weighted by Crippen LogP contribution is 2.32. The molecule has 4 aromatic rings. The first-order valence-corrected chi connectivity index (χ1v) is 11.0. The first-order valence-electron chi connectivity index (χ1n) is 8.73. The van der Waals surface area contributed by atoms with Crippen LogP contribution in [0.1, 0.15) is 4.88 Å². The summed E-state index contributed by atoms with van der Waals surface area (Å²) >= 11 is 1.47. The Morgan fingerprint density at radius 1 is 1.07 bits per heavy atom. The van der Waals surface area contributed by atoms with E-state index in [2.05, 4.69) is 4.98 Å². The van der Waals surface area contributed by atoms with Gasteiger partial charge in [0.2, 0.25) is 0 Å². The topological polar surface area (TPSA) is 59.5 Å². The monoisotopic (exact) mass is 428 g/mol. The number of halogens is 1. The molecule has 4 rings (SSSR count). The summed E-state index contributed by atoms with van der Waals surface area (Å²) in [6.07, 6.45) is 1.44. The van der Waals surface area contributed by atoms with Gasteiger partial charge < -0.3 is 4.74 Å². The van der Waals surface area contributed by atoms with Crippen LogP contribution in [0.3, 0.4) is 0 Å². The summed E-state index contributed by atoms with van der Waals surface area (Å²) in [5, 5.41) is 2.14. The molecule has 0 fully saturated rings. The van der Waals surface area contributed by atoms with Crippen molar-refractivity contribution in [1.82, 2.24) is 4.98 Å². The number of hydrogen-bond acceptors (Lipinski definition) is 5. The van der Waals surface area contributed by atoms with Crippen molar-refractivity contribution < 1.29 is 17.5 Å². The standard InChI is InChI=1S/C21H17FN2O3S2/c1-27-16-8-6-15(7-9-16)24(14-17-4-3-13-28-17)29(25,26)20-11-10-19(22)21-18(20)5-2-12-23-21/h2-13H,14H2,1H3. The summed E-state index contributed by atoms with van der Waals surface area (Å²) in [6, 6.07) is 16.1. The maximum absolute atomic E-state index is 14.2. The molecule has 0 aliphatic carbocycles. The van der Waals surface area contributed by atoms with Crippen LogP contribution < -0.4 is 9.04 Å².